The number of imide groups is 1. The molecular formula is C17H15F2N3O4. The average molecular weight is 363 g/mol. The second kappa shape index (κ2) is 6.58. The number of urea groups is 1. The van der Waals surface area contributed by atoms with Gasteiger partial charge in [0.15, 0.2) is 0 Å². The standard InChI is InChI=1S/C17H15F2N3O4/c1-10-3-6-13(25-10)9-20-22-14(23)17(2,21-16(22)24)11-4-7-12(8-5-11)26-15(18)19/h3-9,15H,1-2H3,(H,21,24)/b20-9-/t17-/m1/s1. The summed E-state index contributed by atoms with van der Waals surface area (Å²) >= 11 is 0. The topological polar surface area (TPSA) is 84.1 Å². The molecule has 0 aliphatic carbocycles. The molecule has 0 spiro atoms. The number of halogens is 2. The highest BCUT2D eigenvalue weighted by Gasteiger charge is 2.49. The van der Waals surface area contributed by atoms with Crippen molar-refractivity contribution in [1.29, 1.82) is 0 Å². The van der Waals surface area contributed by atoms with Crippen molar-refractivity contribution in [3.8, 4) is 5.75 Å². The van der Waals surface area contributed by atoms with Gasteiger partial charge in [-0.25, -0.2) is 4.79 Å². The fourth-order valence-electron chi connectivity index (χ4n) is 2.53. The van der Waals surface area contributed by atoms with E-state index in [4.69, 9.17) is 4.42 Å². The van der Waals surface area contributed by atoms with E-state index in [1.807, 2.05) is 0 Å². The Morgan fingerprint density at radius 1 is 1.23 bits per heavy atom. The van der Waals surface area contributed by atoms with Crippen molar-refractivity contribution in [2.24, 2.45) is 5.10 Å². The Bertz CT molecular complexity index is 863. The second-order valence-corrected chi connectivity index (χ2v) is 5.77. The molecule has 1 aromatic heterocycles. The molecule has 9 heteroatoms. The Morgan fingerprint density at radius 3 is 2.50 bits per heavy atom. The summed E-state index contributed by atoms with van der Waals surface area (Å²) in [6, 6.07) is 8.12. The van der Waals surface area contributed by atoms with Gasteiger partial charge in [-0.2, -0.15) is 13.9 Å². The first-order valence-electron chi connectivity index (χ1n) is 7.62. The molecule has 0 radical (unpaired) electrons. The summed E-state index contributed by atoms with van der Waals surface area (Å²) in [5, 5.41) is 7.12. The minimum atomic E-state index is -2.95. The first-order chi connectivity index (χ1) is 12.3. The number of ether oxygens (including phenoxy) is 1. The van der Waals surface area contributed by atoms with Gasteiger partial charge in [-0.15, -0.1) is 5.01 Å². The van der Waals surface area contributed by atoms with Crippen LogP contribution in [-0.4, -0.2) is 29.8 Å². The van der Waals surface area contributed by atoms with Crippen LogP contribution in [0, 0.1) is 6.92 Å². The molecule has 7 nitrogen and oxygen atoms in total. The van der Waals surface area contributed by atoms with Crippen LogP contribution in [-0.2, 0) is 10.3 Å². The SMILES string of the molecule is Cc1ccc(/C=N\N2C(=O)N[C@](C)(c3ccc(OC(F)F)cc3)C2=O)o1. The highest BCUT2D eigenvalue weighted by Crippen LogP contribution is 2.30. The maximum Gasteiger partial charge on any atom is 0.387 e. The number of carbonyl (C=O) groups excluding carboxylic acids is 2. The van der Waals surface area contributed by atoms with Crippen LogP contribution in [0.1, 0.15) is 24.0 Å². The van der Waals surface area contributed by atoms with Gasteiger partial charge in [0.1, 0.15) is 22.8 Å². The van der Waals surface area contributed by atoms with Gasteiger partial charge in [0.25, 0.3) is 5.91 Å². The number of hydrazone groups is 1. The molecule has 2 heterocycles. The maximum atomic E-state index is 12.7. The number of hydrogen-bond donors (Lipinski definition) is 1. The molecule has 0 unspecified atom stereocenters. The number of amides is 3. The van der Waals surface area contributed by atoms with E-state index < -0.39 is 24.1 Å². The van der Waals surface area contributed by atoms with Gasteiger partial charge in [-0.3, -0.25) is 4.79 Å². The maximum absolute atomic E-state index is 12.7. The molecule has 0 saturated carbocycles. The minimum absolute atomic E-state index is 0.0489. The zero-order valence-corrected chi connectivity index (χ0v) is 13.9. The van der Waals surface area contributed by atoms with Crippen LogP contribution < -0.4 is 10.1 Å². The lowest BCUT2D eigenvalue weighted by Gasteiger charge is -2.21. The number of hydrogen-bond acceptors (Lipinski definition) is 5. The Kier molecular flexibility index (Phi) is 4.45. The molecule has 136 valence electrons. The number of nitrogens with zero attached hydrogens (tertiary/aromatic N) is 2. The largest absolute Gasteiger partial charge is 0.460 e. The summed E-state index contributed by atoms with van der Waals surface area (Å²) in [6.45, 7) is 0.311. The average Bonchev–Trinajstić information content (AvgIpc) is 3.08. The summed E-state index contributed by atoms with van der Waals surface area (Å²) < 4.78 is 34.0. The molecule has 26 heavy (non-hydrogen) atoms. The van der Waals surface area contributed by atoms with E-state index in [2.05, 4.69) is 15.2 Å². The van der Waals surface area contributed by atoms with E-state index in [9.17, 15) is 18.4 Å². The van der Waals surface area contributed by atoms with E-state index in [1.54, 1.807) is 19.1 Å². The van der Waals surface area contributed by atoms with Crippen LogP contribution in [0.15, 0.2) is 45.9 Å². The molecular weight excluding hydrogens is 348 g/mol. The zero-order chi connectivity index (χ0) is 18.9. The Labute approximate surface area is 147 Å². The second-order valence-electron chi connectivity index (χ2n) is 5.77. The highest BCUT2D eigenvalue weighted by atomic mass is 19.3. The van der Waals surface area contributed by atoms with E-state index in [-0.39, 0.29) is 5.75 Å². The fourth-order valence-corrected chi connectivity index (χ4v) is 2.53. The number of carbonyl (C=O) groups is 2. The van der Waals surface area contributed by atoms with Crippen molar-refractivity contribution in [2.75, 3.05) is 0 Å². The number of aryl methyl sites for hydroxylation is 1. The van der Waals surface area contributed by atoms with Gasteiger partial charge in [0.05, 0.1) is 6.21 Å². The summed E-state index contributed by atoms with van der Waals surface area (Å²) in [4.78, 5) is 24.8. The Morgan fingerprint density at radius 2 is 1.92 bits per heavy atom. The Balaban J connectivity index is 1.81. The molecule has 1 saturated heterocycles. The van der Waals surface area contributed by atoms with Gasteiger partial charge in [0, 0.05) is 0 Å². The first kappa shape index (κ1) is 17.6. The summed E-state index contributed by atoms with van der Waals surface area (Å²) in [6.07, 6.45) is 1.26. The molecule has 0 bridgehead atoms. The molecule has 1 aliphatic rings. The van der Waals surface area contributed by atoms with Crippen LogP contribution in [0.4, 0.5) is 13.6 Å². The van der Waals surface area contributed by atoms with Crippen molar-refractivity contribution in [3.05, 3.63) is 53.5 Å². The third-order valence-corrected chi connectivity index (χ3v) is 3.89. The molecule has 1 aliphatic heterocycles. The monoisotopic (exact) mass is 363 g/mol. The van der Waals surface area contributed by atoms with Crippen LogP contribution in [0.2, 0.25) is 0 Å². The van der Waals surface area contributed by atoms with Crippen LogP contribution in [0.25, 0.3) is 0 Å². The van der Waals surface area contributed by atoms with Gasteiger partial charge < -0.3 is 14.5 Å². The third kappa shape index (κ3) is 3.28. The van der Waals surface area contributed by atoms with Crippen LogP contribution in [0.5, 0.6) is 5.75 Å². The zero-order valence-electron chi connectivity index (χ0n) is 13.9. The first-order valence-corrected chi connectivity index (χ1v) is 7.62. The van der Waals surface area contributed by atoms with Crippen molar-refractivity contribution in [1.82, 2.24) is 10.3 Å². The Hall–Kier alpha value is -3.23. The van der Waals surface area contributed by atoms with Gasteiger partial charge >= 0.3 is 12.6 Å². The lowest BCUT2D eigenvalue weighted by atomic mass is 9.92. The lowest BCUT2D eigenvalue weighted by molar-refractivity contribution is -0.131. The molecule has 1 atom stereocenters. The molecule has 2 aromatic rings. The van der Waals surface area contributed by atoms with Crippen LogP contribution in [0.3, 0.4) is 0 Å². The molecule has 1 fully saturated rings. The van der Waals surface area contributed by atoms with Crippen molar-refractivity contribution >= 4 is 18.2 Å². The van der Waals surface area contributed by atoms with Crippen molar-refractivity contribution in [3.63, 3.8) is 0 Å². The molecule has 1 N–H and O–H groups in total. The highest BCUT2D eigenvalue weighted by molar-refractivity contribution is 6.07. The number of alkyl halides is 2. The predicted octanol–water partition coefficient (Wildman–Crippen LogP) is 2.99. The van der Waals surface area contributed by atoms with Gasteiger partial charge in [-0.05, 0) is 43.7 Å². The minimum Gasteiger partial charge on any atom is -0.460 e. The van der Waals surface area contributed by atoms with Crippen LogP contribution >= 0.6 is 0 Å². The summed E-state index contributed by atoms with van der Waals surface area (Å²) in [5.74, 6) is 0.404. The fraction of sp³-hybridized carbons (Fsp3) is 0.235. The van der Waals surface area contributed by atoms with E-state index in [1.165, 1.54) is 37.4 Å². The number of rotatable bonds is 5. The van der Waals surface area contributed by atoms with Gasteiger partial charge in [-0.1, -0.05) is 12.1 Å². The van der Waals surface area contributed by atoms with E-state index in [0.29, 0.717) is 22.1 Å². The summed E-state index contributed by atoms with van der Waals surface area (Å²) in [7, 11) is 0. The van der Waals surface area contributed by atoms with Crippen molar-refractivity contribution in [2.45, 2.75) is 26.0 Å². The van der Waals surface area contributed by atoms with E-state index >= 15 is 0 Å². The normalized spacial score (nSPS) is 20.3. The number of nitrogens with one attached hydrogen (secondary N) is 1. The smallest absolute Gasteiger partial charge is 0.387 e. The van der Waals surface area contributed by atoms with Gasteiger partial charge in [0.2, 0.25) is 0 Å². The lowest BCUT2D eigenvalue weighted by Crippen LogP contribution is -2.40. The summed E-state index contributed by atoms with van der Waals surface area (Å²) in [5.41, 5.74) is -0.972. The molecule has 3 amide bonds. The quantitative estimate of drug-likeness (QED) is 0.654. The van der Waals surface area contributed by atoms with Crippen molar-refractivity contribution < 1.29 is 27.5 Å². The number of furan rings is 1. The number of benzene rings is 1. The predicted molar refractivity (Wildman–Crippen MR) is 86.8 cm³/mol. The molecule has 3 rings (SSSR count). The third-order valence-electron chi connectivity index (χ3n) is 3.89. The molecule has 1 aromatic carbocycles. The van der Waals surface area contributed by atoms with E-state index in [0.717, 1.165) is 0 Å².